The number of hydrogen-bond donors (Lipinski definition) is 1. The first-order valence-corrected chi connectivity index (χ1v) is 9.15. The molecular formula is C22H22O7. The number of benzene rings is 2. The molecule has 1 aliphatic rings. The van der Waals surface area contributed by atoms with E-state index in [-0.39, 0.29) is 6.61 Å². The van der Waals surface area contributed by atoms with E-state index in [0.717, 1.165) is 0 Å². The van der Waals surface area contributed by atoms with Gasteiger partial charge in [-0.25, -0.2) is 9.59 Å². The summed E-state index contributed by atoms with van der Waals surface area (Å²) in [4.78, 5) is 25.1. The van der Waals surface area contributed by atoms with Crippen molar-refractivity contribution < 1.29 is 33.6 Å². The molecule has 0 bridgehead atoms. The van der Waals surface area contributed by atoms with Crippen LogP contribution < -0.4 is 0 Å². The Kier molecular flexibility index (Phi) is 7.13. The maximum atomic E-state index is 12.6. The first kappa shape index (κ1) is 20.7. The highest BCUT2D eigenvalue weighted by molar-refractivity contribution is 5.90. The normalized spacial score (nSPS) is 23.3. The van der Waals surface area contributed by atoms with Crippen molar-refractivity contribution in [2.45, 2.75) is 24.6 Å². The summed E-state index contributed by atoms with van der Waals surface area (Å²) >= 11 is 0. The molecule has 1 N–H and O–H groups in total. The molecule has 1 heterocycles. The number of aliphatic hydroxyl groups is 1. The molecule has 152 valence electrons. The van der Waals surface area contributed by atoms with Gasteiger partial charge in [0.15, 0.2) is 18.5 Å². The average Bonchev–Trinajstić information content (AvgIpc) is 3.09. The van der Waals surface area contributed by atoms with Gasteiger partial charge in [0, 0.05) is 0 Å². The predicted molar refractivity (Wildman–Crippen MR) is 103 cm³/mol. The number of rotatable bonds is 8. The Morgan fingerprint density at radius 3 is 1.93 bits per heavy atom. The van der Waals surface area contributed by atoms with Gasteiger partial charge in [0.1, 0.15) is 6.10 Å². The van der Waals surface area contributed by atoms with Gasteiger partial charge in [-0.15, -0.1) is 6.58 Å². The zero-order chi connectivity index (χ0) is 20.6. The third-order valence-corrected chi connectivity index (χ3v) is 4.33. The van der Waals surface area contributed by atoms with Crippen LogP contribution >= 0.6 is 0 Å². The van der Waals surface area contributed by atoms with E-state index >= 15 is 0 Å². The molecular weight excluding hydrogens is 376 g/mol. The molecule has 0 saturated carbocycles. The fourth-order valence-corrected chi connectivity index (χ4v) is 2.93. The Morgan fingerprint density at radius 1 is 0.931 bits per heavy atom. The van der Waals surface area contributed by atoms with Gasteiger partial charge in [-0.2, -0.15) is 0 Å². The van der Waals surface area contributed by atoms with E-state index in [0.29, 0.717) is 11.1 Å². The fourth-order valence-electron chi connectivity index (χ4n) is 2.93. The van der Waals surface area contributed by atoms with Crippen LogP contribution in [0.15, 0.2) is 73.3 Å². The average molecular weight is 398 g/mol. The molecule has 0 radical (unpaired) electrons. The molecule has 0 aliphatic carbocycles. The van der Waals surface area contributed by atoms with Crippen LogP contribution in [0.5, 0.6) is 0 Å². The second-order valence-corrected chi connectivity index (χ2v) is 6.32. The van der Waals surface area contributed by atoms with Crippen molar-refractivity contribution in [3.8, 4) is 0 Å². The van der Waals surface area contributed by atoms with Crippen molar-refractivity contribution in [1.82, 2.24) is 0 Å². The Hall–Kier alpha value is -3.00. The van der Waals surface area contributed by atoms with E-state index < -0.39 is 43.1 Å². The number of aliphatic hydroxyl groups excluding tert-OH is 1. The molecule has 7 nitrogen and oxygen atoms in total. The lowest BCUT2D eigenvalue weighted by Gasteiger charge is -2.24. The second kappa shape index (κ2) is 9.97. The number of esters is 2. The van der Waals surface area contributed by atoms with Crippen molar-refractivity contribution >= 4 is 11.9 Å². The first-order valence-electron chi connectivity index (χ1n) is 9.15. The topological polar surface area (TPSA) is 91.3 Å². The highest BCUT2D eigenvalue weighted by Crippen LogP contribution is 2.29. The minimum atomic E-state index is -1.06. The molecule has 4 atom stereocenters. The summed E-state index contributed by atoms with van der Waals surface area (Å²) < 4.78 is 22.3. The summed E-state index contributed by atoms with van der Waals surface area (Å²) in [5.41, 5.74) is 0.656. The molecule has 1 aliphatic heterocycles. The summed E-state index contributed by atoms with van der Waals surface area (Å²) in [5.74, 6) is -1.24. The van der Waals surface area contributed by atoms with E-state index in [1.54, 1.807) is 60.7 Å². The van der Waals surface area contributed by atoms with Crippen molar-refractivity contribution in [2.24, 2.45) is 0 Å². The van der Waals surface area contributed by atoms with Crippen molar-refractivity contribution in [1.29, 1.82) is 0 Å². The molecule has 1 saturated heterocycles. The van der Waals surface area contributed by atoms with Crippen LogP contribution in [0.1, 0.15) is 20.7 Å². The lowest BCUT2D eigenvalue weighted by atomic mass is 10.1. The Balaban J connectivity index is 1.81. The second-order valence-electron chi connectivity index (χ2n) is 6.32. The van der Waals surface area contributed by atoms with Crippen LogP contribution in [0.4, 0.5) is 0 Å². The highest BCUT2D eigenvalue weighted by atomic mass is 16.7. The molecule has 0 spiro atoms. The van der Waals surface area contributed by atoms with Gasteiger partial charge in [0.2, 0.25) is 0 Å². The molecule has 0 aromatic heterocycles. The SMILES string of the molecule is C=CCO[C@H]1O[C@H](CO)[C@@H](OC(=O)c2ccccc2)[C@@H]1OC(=O)c1ccccc1. The quantitative estimate of drug-likeness (QED) is 0.539. The van der Waals surface area contributed by atoms with Crippen LogP contribution in [0.2, 0.25) is 0 Å². The summed E-state index contributed by atoms with van der Waals surface area (Å²) in [6, 6.07) is 16.8. The fraction of sp³-hybridized carbons (Fsp3) is 0.273. The zero-order valence-corrected chi connectivity index (χ0v) is 15.7. The van der Waals surface area contributed by atoms with E-state index in [4.69, 9.17) is 18.9 Å². The van der Waals surface area contributed by atoms with Crippen molar-refractivity contribution in [3.63, 3.8) is 0 Å². The van der Waals surface area contributed by atoms with Gasteiger partial charge in [0.05, 0.1) is 24.3 Å². The maximum absolute atomic E-state index is 12.6. The Labute approximate surface area is 168 Å². The van der Waals surface area contributed by atoms with Crippen LogP contribution in [-0.2, 0) is 18.9 Å². The maximum Gasteiger partial charge on any atom is 0.338 e. The predicted octanol–water partition coefficient (Wildman–Crippen LogP) is 2.36. The van der Waals surface area contributed by atoms with Crippen LogP contribution in [-0.4, -0.2) is 54.9 Å². The highest BCUT2D eigenvalue weighted by Gasteiger charge is 2.50. The molecule has 3 rings (SSSR count). The van der Waals surface area contributed by atoms with E-state index in [1.165, 1.54) is 6.08 Å². The van der Waals surface area contributed by atoms with E-state index in [2.05, 4.69) is 6.58 Å². The monoisotopic (exact) mass is 398 g/mol. The molecule has 0 unspecified atom stereocenters. The lowest BCUT2D eigenvalue weighted by Crippen LogP contribution is -2.42. The number of hydrogen-bond acceptors (Lipinski definition) is 7. The van der Waals surface area contributed by atoms with Crippen molar-refractivity contribution in [3.05, 3.63) is 84.4 Å². The molecule has 1 fully saturated rings. The zero-order valence-electron chi connectivity index (χ0n) is 15.7. The Bertz CT molecular complexity index is 822. The van der Waals surface area contributed by atoms with Gasteiger partial charge >= 0.3 is 11.9 Å². The standard InChI is InChI=1S/C22H22O7/c1-2-13-26-22-19(29-21(25)16-11-7-4-8-12-16)18(17(14-23)27-22)28-20(24)15-9-5-3-6-10-15/h2-12,17-19,22-23H,1,13-14H2/t17-,18-,19+,22+/m1/s1. The molecule has 0 amide bonds. The Morgan fingerprint density at radius 2 is 1.45 bits per heavy atom. The van der Waals surface area contributed by atoms with Gasteiger partial charge < -0.3 is 24.1 Å². The van der Waals surface area contributed by atoms with Crippen LogP contribution in [0.3, 0.4) is 0 Å². The van der Waals surface area contributed by atoms with Gasteiger partial charge in [-0.05, 0) is 24.3 Å². The third-order valence-electron chi connectivity index (χ3n) is 4.33. The van der Waals surface area contributed by atoms with Gasteiger partial charge in [-0.3, -0.25) is 0 Å². The van der Waals surface area contributed by atoms with E-state index in [9.17, 15) is 14.7 Å². The lowest BCUT2D eigenvalue weighted by molar-refractivity contribution is -0.164. The van der Waals surface area contributed by atoms with Crippen LogP contribution in [0, 0.1) is 0 Å². The summed E-state index contributed by atoms with van der Waals surface area (Å²) in [7, 11) is 0. The summed E-state index contributed by atoms with van der Waals surface area (Å²) in [5, 5.41) is 9.70. The van der Waals surface area contributed by atoms with Crippen LogP contribution in [0.25, 0.3) is 0 Å². The van der Waals surface area contributed by atoms with E-state index in [1.807, 2.05) is 0 Å². The summed E-state index contributed by atoms with van der Waals surface area (Å²) in [6.45, 7) is 3.26. The largest absolute Gasteiger partial charge is 0.452 e. The molecule has 29 heavy (non-hydrogen) atoms. The first-order chi connectivity index (χ1) is 14.1. The number of carbonyl (C=O) groups excluding carboxylic acids is 2. The minimum Gasteiger partial charge on any atom is -0.452 e. The number of ether oxygens (including phenoxy) is 4. The number of carbonyl (C=O) groups is 2. The smallest absolute Gasteiger partial charge is 0.338 e. The third kappa shape index (κ3) is 5.08. The molecule has 2 aromatic carbocycles. The molecule has 7 heteroatoms. The summed E-state index contributed by atoms with van der Waals surface area (Å²) in [6.07, 6.45) is -2.53. The molecule has 2 aromatic rings. The van der Waals surface area contributed by atoms with Gasteiger partial charge in [0.25, 0.3) is 0 Å². The van der Waals surface area contributed by atoms with Gasteiger partial charge in [-0.1, -0.05) is 42.5 Å². The minimum absolute atomic E-state index is 0.127. The van der Waals surface area contributed by atoms with Crippen molar-refractivity contribution in [2.75, 3.05) is 13.2 Å².